The molecule has 0 saturated carbocycles. The van der Waals surface area contributed by atoms with E-state index in [9.17, 15) is 9.59 Å². The van der Waals surface area contributed by atoms with Gasteiger partial charge in [0.15, 0.2) is 5.16 Å². The molecule has 3 N–H and O–H groups in total. The van der Waals surface area contributed by atoms with Crippen molar-refractivity contribution in [3.8, 4) is 5.75 Å². The topological polar surface area (TPSA) is 101 Å². The van der Waals surface area contributed by atoms with Gasteiger partial charge in [-0.15, -0.1) is 0 Å². The molecule has 3 rings (SSSR count). The zero-order valence-corrected chi connectivity index (χ0v) is 14.3. The van der Waals surface area contributed by atoms with Crippen molar-refractivity contribution in [1.29, 1.82) is 0 Å². The second-order valence-electron chi connectivity index (χ2n) is 5.79. The monoisotopic (exact) mass is 348 g/mol. The Morgan fingerprint density at radius 1 is 1.50 bits per heavy atom. The lowest BCUT2D eigenvalue weighted by Crippen LogP contribution is -2.44. The molecule has 1 saturated heterocycles. The number of aromatic amines is 1. The Morgan fingerprint density at radius 2 is 2.33 bits per heavy atom. The second kappa shape index (κ2) is 7.12. The van der Waals surface area contributed by atoms with Crippen LogP contribution in [0.5, 0.6) is 5.75 Å². The predicted octanol–water partition coefficient (Wildman–Crippen LogP) is 1.39. The summed E-state index contributed by atoms with van der Waals surface area (Å²) in [4.78, 5) is 33.0. The fourth-order valence-electron chi connectivity index (χ4n) is 2.82. The van der Waals surface area contributed by atoms with Crippen molar-refractivity contribution in [3.63, 3.8) is 0 Å². The number of H-pyrrole nitrogens is 1. The largest absolute Gasteiger partial charge is 0.497 e. The molecule has 1 aromatic carbocycles. The number of amides is 2. The van der Waals surface area contributed by atoms with Crippen molar-refractivity contribution < 1.29 is 14.3 Å². The number of nitrogens with two attached hydrogens (primary N) is 1. The molecule has 0 bridgehead atoms. The summed E-state index contributed by atoms with van der Waals surface area (Å²) in [6.45, 7) is 1.10. The minimum absolute atomic E-state index is 0.00369. The Morgan fingerprint density at radius 3 is 3.08 bits per heavy atom. The van der Waals surface area contributed by atoms with Gasteiger partial charge in [-0.1, -0.05) is 11.8 Å². The van der Waals surface area contributed by atoms with Gasteiger partial charge >= 0.3 is 0 Å². The molecule has 2 heterocycles. The zero-order valence-electron chi connectivity index (χ0n) is 13.4. The Kier molecular flexibility index (Phi) is 4.94. The summed E-state index contributed by atoms with van der Waals surface area (Å²) in [7, 11) is 1.61. The van der Waals surface area contributed by atoms with Crippen LogP contribution in [0.25, 0.3) is 11.0 Å². The fraction of sp³-hybridized carbons (Fsp3) is 0.438. The number of fused-ring (bicyclic) bond motifs is 1. The molecule has 0 unspecified atom stereocenters. The van der Waals surface area contributed by atoms with E-state index in [0.29, 0.717) is 18.2 Å². The highest BCUT2D eigenvalue weighted by molar-refractivity contribution is 7.99. The van der Waals surface area contributed by atoms with E-state index in [1.165, 1.54) is 11.8 Å². The van der Waals surface area contributed by atoms with Gasteiger partial charge in [0, 0.05) is 19.2 Å². The third kappa shape index (κ3) is 3.64. The molecule has 1 aliphatic heterocycles. The summed E-state index contributed by atoms with van der Waals surface area (Å²) in [6.07, 6.45) is 1.58. The highest BCUT2D eigenvalue weighted by atomic mass is 32.2. The summed E-state index contributed by atoms with van der Waals surface area (Å²) in [5.41, 5.74) is 7.06. The number of nitrogens with one attached hydrogen (secondary N) is 1. The van der Waals surface area contributed by atoms with Crippen molar-refractivity contribution in [2.75, 3.05) is 26.0 Å². The number of primary amides is 1. The van der Waals surface area contributed by atoms with E-state index in [1.54, 1.807) is 12.0 Å². The van der Waals surface area contributed by atoms with Crippen molar-refractivity contribution in [3.05, 3.63) is 18.2 Å². The zero-order chi connectivity index (χ0) is 17.1. The first kappa shape index (κ1) is 16.6. The number of ether oxygens (including phenoxy) is 1. The molecule has 2 aromatic rings. The van der Waals surface area contributed by atoms with Crippen molar-refractivity contribution in [2.45, 2.75) is 18.0 Å². The first-order chi connectivity index (χ1) is 11.6. The van der Waals surface area contributed by atoms with Crippen LogP contribution >= 0.6 is 11.8 Å². The number of likely N-dealkylation sites (tertiary alicyclic amines) is 1. The number of hydrogen-bond acceptors (Lipinski definition) is 5. The average Bonchev–Trinajstić information content (AvgIpc) is 3.01. The minimum Gasteiger partial charge on any atom is -0.497 e. The first-order valence-corrected chi connectivity index (χ1v) is 8.79. The molecule has 0 aliphatic carbocycles. The van der Waals surface area contributed by atoms with E-state index < -0.39 is 0 Å². The van der Waals surface area contributed by atoms with Crippen LogP contribution in [0.2, 0.25) is 0 Å². The number of piperidine rings is 1. The number of hydrogen-bond donors (Lipinski definition) is 2. The number of aromatic nitrogens is 2. The average molecular weight is 348 g/mol. The van der Waals surface area contributed by atoms with Crippen LogP contribution in [0.15, 0.2) is 23.4 Å². The third-order valence-corrected chi connectivity index (χ3v) is 5.03. The van der Waals surface area contributed by atoms with Gasteiger partial charge in [0.05, 0.1) is 29.8 Å². The van der Waals surface area contributed by atoms with Crippen LogP contribution in [0.4, 0.5) is 0 Å². The summed E-state index contributed by atoms with van der Waals surface area (Å²) in [6, 6.07) is 5.59. The highest BCUT2D eigenvalue weighted by Crippen LogP contribution is 2.24. The maximum Gasteiger partial charge on any atom is 0.233 e. The van der Waals surface area contributed by atoms with E-state index in [4.69, 9.17) is 10.5 Å². The lowest BCUT2D eigenvalue weighted by Gasteiger charge is -2.31. The molecule has 1 aromatic heterocycles. The normalized spacial score (nSPS) is 17.9. The van der Waals surface area contributed by atoms with Gasteiger partial charge < -0.3 is 20.4 Å². The van der Waals surface area contributed by atoms with Crippen LogP contribution in [-0.2, 0) is 9.59 Å². The molecule has 1 fully saturated rings. The molecule has 1 aliphatic rings. The molecule has 128 valence electrons. The first-order valence-electron chi connectivity index (χ1n) is 7.80. The Bertz CT molecular complexity index is 761. The molecule has 0 spiro atoms. The van der Waals surface area contributed by atoms with Gasteiger partial charge in [0.2, 0.25) is 11.8 Å². The molecule has 1 atom stereocenters. The lowest BCUT2D eigenvalue weighted by atomic mass is 9.97. The van der Waals surface area contributed by atoms with Gasteiger partial charge in [0.25, 0.3) is 0 Å². The summed E-state index contributed by atoms with van der Waals surface area (Å²) in [5.74, 6) is 0.480. The number of carbonyl (C=O) groups is 2. The van der Waals surface area contributed by atoms with Crippen LogP contribution in [0, 0.1) is 5.92 Å². The maximum atomic E-state index is 12.3. The number of thioether (sulfide) groups is 1. The van der Waals surface area contributed by atoms with Crippen LogP contribution in [0.1, 0.15) is 12.8 Å². The number of carbonyl (C=O) groups excluding carboxylic acids is 2. The standard InChI is InChI=1S/C16H20N4O3S/c1-23-11-4-5-12-13(7-11)19-16(18-12)24-9-14(21)20-6-2-3-10(8-20)15(17)22/h4-5,7,10H,2-3,6,8-9H2,1H3,(H2,17,22)(H,18,19)/t10-/m0/s1. The number of methoxy groups -OCH3 is 1. The fourth-order valence-corrected chi connectivity index (χ4v) is 3.61. The van der Waals surface area contributed by atoms with Gasteiger partial charge in [0.1, 0.15) is 5.75 Å². The van der Waals surface area contributed by atoms with Crippen LogP contribution in [-0.4, -0.2) is 52.6 Å². The number of rotatable bonds is 5. The quantitative estimate of drug-likeness (QED) is 0.795. The Balaban J connectivity index is 1.60. The number of benzene rings is 1. The van der Waals surface area contributed by atoms with Crippen molar-refractivity contribution in [2.24, 2.45) is 11.7 Å². The lowest BCUT2D eigenvalue weighted by molar-refractivity contribution is -0.132. The number of imidazole rings is 1. The SMILES string of the molecule is COc1ccc2nc(SCC(=O)N3CCC[C@H](C(N)=O)C3)[nH]c2c1. The van der Waals surface area contributed by atoms with Crippen molar-refractivity contribution >= 4 is 34.6 Å². The second-order valence-corrected chi connectivity index (χ2v) is 6.76. The number of nitrogens with zero attached hydrogens (tertiary/aromatic N) is 2. The van der Waals surface area contributed by atoms with E-state index in [1.807, 2.05) is 18.2 Å². The predicted molar refractivity (Wildman–Crippen MR) is 91.9 cm³/mol. The highest BCUT2D eigenvalue weighted by Gasteiger charge is 2.26. The smallest absolute Gasteiger partial charge is 0.233 e. The molecule has 24 heavy (non-hydrogen) atoms. The summed E-state index contributed by atoms with van der Waals surface area (Å²) >= 11 is 1.36. The molecule has 0 radical (unpaired) electrons. The van der Waals surface area contributed by atoms with Crippen LogP contribution in [0.3, 0.4) is 0 Å². The maximum absolute atomic E-state index is 12.3. The third-order valence-electron chi connectivity index (χ3n) is 4.18. The summed E-state index contributed by atoms with van der Waals surface area (Å²) < 4.78 is 5.19. The Labute approximate surface area is 143 Å². The van der Waals surface area contributed by atoms with E-state index in [0.717, 1.165) is 29.6 Å². The van der Waals surface area contributed by atoms with Crippen LogP contribution < -0.4 is 10.5 Å². The van der Waals surface area contributed by atoms with Gasteiger partial charge in [-0.25, -0.2) is 4.98 Å². The molecular weight excluding hydrogens is 328 g/mol. The molecule has 7 nitrogen and oxygen atoms in total. The van der Waals surface area contributed by atoms with E-state index in [2.05, 4.69) is 9.97 Å². The Hall–Kier alpha value is -2.22. The molecule has 8 heteroatoms. The van der Waals surface area contributed by atoms with E-state index >= 15 is 0 Å². The van der Waals surface area contributed by atoms with E-state index in [-0.39, 0.29) is 23.5 Å². The van der Waals surface area contributed by atoms with Gasteiger partial charge in [-0.3, -0.25) is 9.59 Å². The molecular formula is C16H20N4O3S. The molecule has 2 amide bonds. The van der Waals surface area contributed by atoms with Gasteiger partial charge in [-0.2, -0.15) is 0 Å². The minimum atomic E-state index is -0.327. The summed E-state index contributed by atoms with van der Waals surface area (Å²) in [5, 5.41) is 0.690. The van der Waals surface area contributed by atoms with Crippen molar-refractivity contribution in [1.82, 2.24) is 14.9 Å². The van der Waals surface area contributed by atoms with Gasteiger partial charge in [-0.05, 0) is 25.0 Å².